The lowest BCUT2D eigenvalue weighted by Gasteiger charge is -2.22. The van der Waals surface area contributed by atoms with E-state index in [2.05, 4.69) is 13.5 Å². The Balaban J connectivity index is 3.83. The zero-order valence-corrected chi connectivity index (χ0v) is 13.6. The van der Waals surface area contributed by atoms with Gasteiger partial charge in [0.1, 0.15) is 12.6 Å². The third-order valence-corrected chi connectivity index (χ3v) is 3.28. The summed E-state index contributed by atoms with van der Waals surface area (Å²) in [7, 11) is 1.52. The van der Waals surface area contributed by atoms with Crippen molar-refractivity contribution in [2.24, 2.45) is 0 Å². The molecule has 0 rings (SSSR count). The minimum atomic E-state index is -0.651. The van der Waals surface area contributed by atoms with Crippen LogP contribution in [0.5, 0.6) is 0 Å². The van der Waals surface area contributed by atoms with Gasteiger partial charge in [-0.3, -0.25) is 4.90 Å². The lowest BCUT2D eigenvalue weighted by atomic mass is 10.1. The van der Waals surface area contributed by atoms with Crippen LogP contribution >= 0.6 is 0 Å². The second kappa shape index (κ2) is 12.2. The second-order valence-corrected chi connectivity index (χ2v) is 5.09. The zero-order valence-electron chi connectivity index (χ0n) is 13.6. The van der Waals surface area contributed by atoms with Crippen LogP contribution < -0.4 is 0 Å². The standard InChI is InChI=1S/C16H29NO4/c1-5-7-8-9-10-11-13-20-15(18)14(3)17(4)16(19)21-12-6-2/h6,14H,2,5,7-13H2,1,3-4H3. The molecule has 0 aliphatic heterocycles. The number of unbranched alkanes of at least 4 members (excludes halogenated alkanes) is 5. The number of nitrogens with zero attached hydrogens (tertiary/aromatic N) is 1. The van der Waals surface area contributed by atoms with Gasteiger partial charge in [-0.05, 0) is 13.3 Å². The van der Waals surface area contributed by atoms with Crippen molar-refractivity contribution in [2.75, 3.05) is 20.3 Å². The van der Waals surface area contributed by atoms with Crippen molar-refractivity contribution in [2.45, 2.75) is 58.4 Å². The Bertz CT molecular complexity index is 317. The van der Waals surface area contributed by atoms with Crippen LogP contribution in [0, 0.1) is 0 Å². The van der Waals surface area contributed by atoms with Gasteiger partial charge in [0.25, 0.3) is 0 Å². The first-order valence-corrected chi connectivity index (χ1v) is 7.71. The molecule has 5 nitrogen and oxygen atoms in total. The molecule has 21 heavy (non-hydrogen) atoms. The molecular weight excluding hydrogens is 270 g/mol. The molecule has 0 aromatic carbocycles. The smallest absolute Gasteiger partial charge is 0.410 e. The number of rotatable bonds is 11. The summed E-state index contributed by atoms with van der Waals surface area (Å²) in [6, 6.07) is -0.651. The van der Waals surface area contributed by atoms with E-state index in [1.165, 1.54) is 43.7 Å². The van der Waals surface area contributed by atoms with Gasteiger partial charge >= 0.3 is 12.1 Å². The van der Waals surface area contributed by atoms with Gasteiger partial charge in [-0.15, -0.1) is 0 Å². The highest BCUT2D eigenvalue weighted by molar-refractivity contribution is 5.80. The summed E-state index contributed by atoms with van der Waals surface area (Å²) in [6.45, 7) is 7.80. The number of hydrogen-bond acceptors (Lipinski definition) is 4. The first-order chi connectivity index (χ1) is 10.0. The fraction of sp³-hybridized carbons (Fsp3) is 0.750. The summed E-state index contributed by atoms with van der Waals surface area (Å²) in [5.41, 5.74) is 0. The van der Waals surface area contributed by atoms with Gasteiger partial charge in [-0.2, -0.15) is 0 Å². The van der Waals surface area contributed by atoms with Gasteiger partial charge in [-0.25, -0.2) is 9.59 Å². The quantitative estimate of drug-likeness (QED) is 0.333. The Kier molecular flexibility index (Phi) is 11.4. The van der Waals surface area contributed by atoms with Crippen molar-refractivity contribution in [1.29, 1.82) is 0 Å². The molecule has 0 aliphatic carbocycles. The SMILES string of the molecule is C=CCOC(=O)N(C)C(C)C(=O)OCCCCCCCC. The van der Waals surface area contributed by atoms with Gasteiger partial charge < -0.3 is 9.47 Å². The van der Waals surface area contributed by atoms with Crippen molar-refractivity contribution in [1.82, 2.24) is 4.90 Å². The molecule has 0 aromatic heterocycles. The molecule has 0 spiro atoms. The lowest BCUT2D eigenvalue weighted by Crippen LogP contribution is -2.41. The van der Waals surface area contributed by atoms with E-state index in [0.29, 0.717) is 6.61 Å². The molecule has 5 heteroatoms. The first-order valence-electron chi connectivity index (χ1n) is 7.71. The first kappa shape index (κ1) is 19.5. The zero-order chi connectivity index (χ0) is 16.1. The lowest BCUT2D eigenvalue weighted by molar-refractivity contribution is -0.148. The summed E-state index contributed by atoms with van der Waals surface area (Å²) < 4.78 is 10.0. The molecule has 0 saturated heterocycles. The van der Waals surface area contributed by atoms with Crippen LogP contribution in [0.1, 0.15) is 52.4 Å². The second-order valence-electron chi connectivity index (χ2n) is 5.09. The number of hydrogen-bond donors (Lipinski definition) is 0. The van der Waals surface area contributed by atoms with E-state index in [-0.39, 0.29) is 6.61 Å². The van der Waals surface area contributed by atoms with Crippen LogP contribution in [0.15, 0.2) is 12.7 Å². The molecule has 0 radical (unpaired) electrons. The van der Waals surface area contributed by atoms with Crippen LogP contribution in [0.2, 0.25) is 0 Å². The van der Waals surface area contributed by atoms with Crippen molar-refractivity contribution >= 4 is 12.1 Å². The fourth-order valence-corrected chi connectivity index (χ4v) is 1.72. The highest BCUT2D eigenvalue weighted by Crippen LogP contribution is 2.06. The van der Waals surface area contributed by atoms with Crippen molar-refractivity contribution in [3.8, 4) is 0 Å². The third kappa shape index (κ3) is 9.10. The van der Waals surface area contributed by atoms with Crippen LogP contribution in [-0.4, -0.2) is 43.3 Å². The molecule has 1 atom stereocenters. The topological polar surface area (TPSA) is 55.8 Å². The average Bonchev–Trinajstić information content (AvgIpc) is 2.49. The Labute approximate surface area is 128 Å². The molecule has 0 aliphatic rings. The molecule has 0 saturated carbocycles. The fourth-order valence-electron chi connectivity index (χ4n) is 1.72. The van der Waals surface area contributed by atoms with Crippen LogP contribution in [0.25, 0.3) is 0 Å². The Hall–Kier alpha value is -1.52. The minimum Gasteiger partial charge on any atom is -0.464 e. The molecule has 0 heterocycles. The maximum absolute atomic E-state index is 11.8. The number of amides is 1. The van der Waals surface area contributed by atoms with Gasteiger partial charge in [0, 0.05) is 7.05 Å². The Morgan fingerprint density at radius 2 is 1.76 bits per heavy atom. The summed E-state index contributed by atoms with van der Waals surface area (Å²) in [5, 5.41) is 0. The highest BCUT2D eigenvalue weighted by Gasteiger charge is 2.24. The summed E-state index contributed by atoms with van der Waals surface area (Å²) in [4.78, 5) is 24.6. The average molecular weight is 299 g/mol. The molecule has 0 N–H and O–H groups in total. The summed E-state index contributed by atoms with van der Waals surface area (Å²) >= 11 is 0. The molecule has 0 fully saturated rings. The Morgan fingerprint density at radius 3 is 2.38 bits per heavy atom. The van der Waals surface area contributed by atoms with E-state index in [1.54, 1.807) is 6.92 Å². The monoisotopic (exact) mass is 299 g/mol. The molecule has 0 bridgehead atoms. The highest BCUT2D eigenvalue weighted by atomic mass is 16.6. The maximum atomic E-state index is 11.8. The number of carbonyl (C=O) groups is 2. The predicted molar refractivity (Wildman–Crippen MR) is 83.1 cm³/mol. The van der Waals surface area contributed by atoms with Crippen LogP contribution in [0.3, 0.4) is 0 Å². The molecule has 0 aromatic rings. The minimum absolute atomic E-state index is 0.128. The number of ether oxygens (including phenoxy) is 2. The van der Waals surface area contributed by atoms with E-state index in [1.807, 2.05) is 0 Å². The van der Waals surface area contributed by atoms with Crippen LogP contribution in [-0.2, 0) is 14.3 Å². The van der Waals surface area contributed by atoms with Crippen molar-refractivity contribution < 1.29 is 19.1 Å². The summed E-state index contributed by atoms with van der Waals surface area (Å²) in [5.74, 6) is -0.401. The van der Waals surface area contributed by atoms with E-state index in [4.69, 9.17) is 9.47 Å². The maximum Gasteiger partial charge on any atom is 0.410 e. The number of likely N-dealkylation sites (N-methyl/N-ethyl adjacent to an activating group) is 1. The van der Waals surface area contributed by atoms with E-state index in [9.17, 15) is 9.59 Å². The predicted octanol–water partition coefficient (Wildman–Crippen LogP) is 3.53. The van der Waals surface area contributed by atoms with Crippen LogP contribution in [0.4, 0.5) is 4.79 Å². The largest absolute Gasteiger partial charge is 0.464 e. The van der Waals surface area contributed by atoms with Crippen molar-refractivity contribution in [3.63, 3.8) is 0 Å². The normalized spacial score (nSPS) is 11.6. The van der Waals surface area contributed by atoms with Crippen molar-refractivity contribution in [3.05, 3.63) is 12.7 Å². The van der Waals surface area contributed by atoms with Gasteiger partial charge in [0.2, 0.25) is 0 Å². The molecule has 1 amide bonds. The molecular formula is C16H29NO4. The molecule has 122 valence electrons. The number of carbonyl (C=O) groups excluding carboxylic acids is 2. The van der Waals surface area contributed by atoms with Gasteiger partial charge in [-0.1, -0.05) is 51.7 Å². The van der Waals surface area contributed by atoms with Gasteiger partial charge in [0.15, 0.2) is 0 Å². The molecule has 1 unspecified atom stereocenters. The van der Waals surface area contributed by atoms with E-state index < -0.39 is 18.1 Å². The third-order valence-electron chi connectivity index (χ3n) is 3.28. The van der Waals surface area contributed by atoms with Gasteiger partial charge in [0.05, 0.1) is 6.61 Å². The Morgan fingerprint density at radius 1 is 1.14 bits per heavy atom. The number of esters is 1. The van der Waals surface area contributed by atoms with E-state index >= 15 is 0 Å². The van der Waals surface area contributed by atoms with E-state index in [0.717, 1.165) is 12.8 Å². The summed E-state index contributed by atoms with van der Waals surface area (Å²) in [6.07, 6.45) is 7.75.